The lowest BCUT2D eigenvalue weighted by atomic mass is 10.1. The van der Waals surface area contributed by atoms with Crippen molar-refractivity contribution in [3.8, 4) is 0 Å². The smallest absolute Gasteiger partial charge is 0.0460 e. The van der Waals surface area contributed by atoms with Crippen LogP contribution < -0.4 is 5.32 Å². The maximum atomic E-state index is 6.02. The second kappa shape index (κ2) is 3.54. The Morgan fingerprint density at radius 3 is 3.13 bits per heavy atom. The maximum absolute atomic E-state index is 6.02. The Bertz CT molecular complexity index is 502. The third-order valence-electron chi connectivity index (χ3n) is 3.04. The molecule has 1 aromatic carbocycles. The number of H-pyrrole nitrogens is 1. The molecule has 2 N–H and O–H groups in total. The van der Waals surface area contributed by atoms with Crippen LogP contribution in [0.3, 0.4) is 0 Å². The van der Waals surface area contributed by atoms with Gasteiger partial charge < -0.3 is 10.3 Å². The van der Waals surface area contributed by atoms with Crippen LogP contribution in [0.4, 0.5) is 0 Å². The van der Waals surface area contributed by atoms with Crippen molar-refractivity contribution in [2.45, 2.75) is 19.4 Å². The Labute approximate surface area is 93.6 Å². The van der Waals surface area contributed by atoms with Gasteiger partial charge in [-0.3, -0.25) is 0 Å². The molecule has 0 saturated heterocycles. The summed E-state index contributed by atoms with van der Waals surface area (Å²) in [4.78, 5) is 3.48. The fourth-order valence-electron chi connectivity index (χ4n) is 2.29. The molecule has 15 heavy (non-hydrogen) atoms. The van der Waals surface area contributed by atoms with Crippen LogP contribution in [0.1, 0.15) is 17.7 Å². The van der Waals surface area contributed by atoms with Gasteiger partial charge in [-0.25, -0.2) is 0 Å². The summed E-state index contributed by atoms with van der Waals surface area (Å²) in [6.45, 7) is 2.06. The average molecular weight is 221 g/mol. The molecule has 78 valence electrons. The molecule has 0 atom stereocenters. The Kier molecular flexibility index (Phi) is 2.19. The van der Waals surface area contributed by atoms with E-state index >= 15 is 0 Å². The van der Waals surface area contributed by atoms with E-state index in [0.29, 0.717) is 0 Å². The fraction of sp³-hybridized carbons (Fsp3) is 0.333. The van der Waals surface area contributed by atoms with Gasteiger partial charge in [0, 0.05) is 28.2 Å². The molecule has 1 aromatic heterocycles. The zero-order valence-electron chi connectivity index (χ0n) is 8.44. The van der Waals surface area contributed by atoms with E-state index in [2.05, 4.69) is 22.4 Å². The Morgan fingerprint density at radius 1 is 1.27 bits per heavy atom. The maximum Gasteiger partial charge on any atom is 0.0460 e. The van der Waals surface area contributed by atoms with Crippen molar-refractivity contribution < 1.29 is 0 Å². The largest absolute Gasteiger partial charge is 0.358 e. The van der Waals surface area contributed by atoms with Gasteiger partial charge in [0.25, 0.3) is 0 Å². The first kappa shape index (κ1) is 9.25. The summed E-state index contributed by atoms with van der Waals surface area (Å²) < 4.78 is 0. The summed E-state index contributed by atoms with van der Waals surface area (Å²) in [5.74, 6) is 0. The number of fused-ring (bicyclic) bond motifs is 3. The van der Waals surface area contributed by atoms with Gasteiger partial charge in [0.2, 0.25) is 0 Å². The van der Waals surface area contributed by atoms with Crippen molar-refractivity contribution in [1.82, 2.24) is 10.3 Å². The summed E-state index contributed by atoms with van der Waals surface area (Å²) in [6.07, 6.45) is 2.34. The molecule has 0 aliphatic carbocycles. The number of hydrogen-bond acceptors (Lipinski definition) is 1. The lowest BCUT2D eigenvalue weighted by molar-refractivity contribution is 0.680. The lowest BCUT2D eigenvalue weighted by Crippen LogP contribution is -2.11. The van der Waals surface area contributed by atoms with E-state index in [1.54, 1.807) is 0 Å². The number of benzene rings is 1. The van der Waals surface area contributed by atoms with E-state index in [0.717, 1.165) is 24.5 Å². The van der Waals surface area contributed by atoms with Crippen molar-refractivity contribution in [3.05, 3.63) is 34.5 Å². The third-order valence-corrected chi connectivity index (χ3v) is 3.27. The molecule has 0 spiro atoms. The second-order valence-corrected chi connectivity index (χ2v) is 4.49. The van der Waals surface area contributed by atoms with E-state index in [9.17, 15) is 0 Å². The molecule has 3 heteroatoms. The minimum absolute atomic E-state index is 0.813. The lowest BCUT2D eigenvalue weighted by Gasteiger charge is -1.99. The molecule has 0 bridgehead atoms. The number of aromatic nitrogens is 1. The van der Waals surface area contributed by atoms with E-state index < -0.39 is 0 Å². The first-order valence-electron chi connectivity index (χ1n) is 5.34. The van der Waals surface area contributed by atoms with Gasteiger partial charge >= 0.3 is 0 Å². The molecular weight excluding hydrogens is 208 g/mol. The molecule has 1 aliphatic rings. The minimum atomic E-state index is 0.813. The molecule has 2 aromatic rings. The molecule has 0 saturated carbocycles. The topological polar surface area (TPSA) is 27.8 Å². The van der Waals surface area contributed by atoms with E-state index in [1.807, 2.05) is 6.07 Å². The second-order valence-electron chi connectivity index (χ2n) is 4.05. The molecule has 1 aliphatic heterocycles. The normalized spacial score (nSPS) is 16.3. The fourth-order valence-corrected chi connectivity index (χ4v) is 2.47. The Balaban J connectivity index is 2.24. The summed E-state index contributed by atoms with van der Waals surface area (Å²) in [7, 11) is 0. The van der Waals surface area contributed by atoms with Crippen LogP contribution in [-0.4, -0.2) is 11.5 Å². The van der Waals surface area contributed by atoms with Crippen molar-refractivity contribution in [3.63, 3.8) is 0 Å². The number of aryl methyl sites for hydroxylation is 1. The minimum Gasteiger partial charge on any atom is -0.358 e. The van der Waals surface area contributed by atoms with Crippen molar-refractivity contribution in [1.29, 1.82) is 0 Å². The van der Waals surface area contributed by atoms with Crippen molar-refractivity contribution in [2.24, 2.45) is 0 Å². The van der Waals surface area contributed by atoms with Crippen molar-refractivity contribution in [2.75, 3.05) is 6.54 Å². The summed E-state index contributed by atoms with van der Waals surface area (Å²) >= 11 is 6.02. The summed E-state index contributed by atoms with van der Waals surface area (Å²) in [6, 6.07) is 6.05. The van der Waals surface area contributed by atoms with Crippen LogP contribution in [0.5, 0.6) is 0 Å². The van der Waals surface area contributed by atoms with Crippen LogP contribution in [0.15, 0.2) is 18.2 Å². The van der Waals surface area contributed by atoms with E-state index in [4.69, 9.17) is 11.6 Å². The molecular formula is C12H13ClN2. The van der Waals surface area contributed by atoms with Crippen LogP contribution >= 0.6 is 11.6 Å². The Morgan fingerprint density at radius 2 is 2.20 bits per heavy atom. The molecule has 2 nitrogen and oxygen atoms in total. The number of rotatable bonds is 0. The standard InChI is InChI=1S/C12H13ClN2/c13-8-3-4-12-9(6-8)10-7-14-5-1-2-11(10)15-12/h3-4,6,14-15H,1-2,5,7H2. The monoisotopic (exact) mass is 220 g/mol. The predicted octanol–water partition coefficient (Wildman–Crippen LogP) is 2.86. The van der Waals surface area contributed by atoms with Gasteiger partial charge in [-0.05, 0) is 43.1 Å². The van der Waals surface area contributed by atoms with Crippen LogP contribution in [-0.2, 0) is 13.0 Å². The molecule has 0 radical (unpaired) electrons. The molecule has 0 unspecified atom stereocenters. The first-order chi connectivity index (χ1) is 7.34. The van der Waals surface area contributed by atoms with E-state index in [-0.39, 0.29) is 0 Å². The van der Waals surface area contributed by atoms with Gasteiger partial charge in [-0.1, -0.05) is 11.6 Å². The first-order valence-corrected chi connectivity index (χ1v) is 5.72. The van der Waals surface area contributed by atoms with Gasteiger partial charge in [0.05, 0.1) is 0 Å². The van der Waals surface area contributed by atoms with Crippen LogP contribution in [0, 0.1) is 0 Å². The predicted molar refractivity (Wildman–Crippen MR) is 63.3 cm³/mol. The Hall–Kier alpha value is -0.990. The van der Waals surface area contributed by atoms with Crippen LogP contribution in [0.25, 0.3) is 10.9 Å². The van der Waals surface area contributed by atoms with Crippen molar-refractivity contribution >= 4 is 22.5 Å². The zero-order valence-corrected chi connectivity index (χ0v) is 9.19. The van der Waals surface area contributed by atoms with Gasteiger partial charge in [-0.15, -0.1) is 0 Å². The highest BCUT2D eigenvalue weighted by Crippen LogP contribution is 2.27. The third kappa shape index (κ3) is 1.54. The number of halogens is 1. The summed E-state index contributed by atoms with van der Waals surface area (Å²) in [5.41, 5.74) is 3.97. The number of nitrogens with one attached hydrogen (secondary N) is 2. The highest BCUT2D eigenvalue weighted by atomic mass is 35.5. The quantitative estimate of drug-likeness (QED) is 0.702. The zero-order chi connectivity index (χ0) is 10.3. The van der Waals surface area contributed by atoms with E-state index in [1.165, 1.54) is 28.6 Å². The summed E-state index contributed by atoms with van der Waals surface area (Å²) in [5, 5.41) is 5.52. The molecule has 0 amide bonds. The number of aromatic amines is 1. The van der Waals surface area contributed by atoms with Gasteiger partial charge in [-0.2, -0.15) is 0 Å². The average Bonchev–Trinajstić information content (AvgIpc) is 2.44. The molecule has 0 fully saturated rings. The molecule has 2 heterocycles. The van der Waals surface area contributed by atoms with Gasteiger partial charge in [0.15, 0.2) is 0 Å². The van der Waals surface area contributed by atoms with Gasteiger partial charge in [0.1, 0.15) is 0 Å². The SMILES string of the molecule is Clc1ccc2[nH]c3c(c2c1)CNCCC3. The highest BCUT2D eigenvalue weighted by Gasteiger charge is 2.13. The molecule has 3 rings (SSSR count). The van der Waals surface area contributed by atoms with Crippen LogP contribution in [0.2, 0.25) is 5.02 Å². The number of hydrogen-bond donors (Lipinski definition) is 2. The highest BCUT2D eigenvalue weighted by molar-refractivity contribution is 6.31.